The van der Waals surface area contributed by atoms with Gasteiger partial charge >= 0.3 is 0 Å². The number of anilines is 1. The van der Waals surface area contributed by atoms with E-state index in [1.807, 2.05) is 58.7 Å². The number of aromatic nitrogens is 3. The van der Waals surface area contributed by atoms with E-state index in [1.54, 1.807) is 26.4 Å². The average Bonchev–Trinajstić information content (AvgIpc) is 2.89. The minimum atomic E-state index is -0.506. The van der Waals surface area contributed by atoms with Gasteiger partial charge in [-0.15, -0.1) is 0 Å². The SMILES string of the molecule is CCOc1c(C(C)N(C)c2ncnc(C)c2C(C)CF)cc(Cl)c(C)c1-c1ccc(C(=O)N(C)C)nc1. The Balaban J connectivity index is 2.16. The van der Waals surface area contributed by atoms with Crippen LogP contribution in [0, 0.1) is 13.8 Å². The summed E-state index contributed by atoms with van der Waals surface area (Å²) in [6.45, 7) is 9.54. The van der Waals surface area contributed by atoms with Crippen molar-refractivity contribution >= 4 is 23.3 Å². The number of pyridine rings is 1. The molecular weight excluding hydrogens is 493 g/mol. The predicted octanol–water partition coefficient (Wildman–Crippen LogP) is 6.18. The van der Waals surface area contributed by atoms with Crippen molar-refractivity contribution in [1.82, 2.24) is 19.9 Å². The van der Waals surface area contributed by atoms with Gasteiger partial charge in [0.2, 0.25) is 0 Å². The van der Waals surface area contributed by atoms with E-state index >= 15 is 0 Å². The second-order valence-corrected chi connectivity index (χ2v) is 9.79. The molecule has 0 aliphatic heterocycles. The largest absolute Gasteiger partial charge is 0.493 e. The quantitative estimate of drug-likeness (QED) is 0.331. The van der Waals surface area contributed by atoms with E-state index < -0.39 is 6.67 Å². The van der Waals surface area contributed by atoms with Crippen LogP contribution in [-0.4, -0.2) is 60.2 Å². The number of halogens is 2. The lowest BCUT2D eigenvalue weighted by Crippen LogP contribution is -2.26. The smallest absolute Gasteiger partial charge is 0.271 e. The van der Waals surface area contributed by atoms with E-state index in [-0.39, 0.29) is 17.9 Å². The Labute approximate surface area is 223 Å². The third-order valence-electron chi connectivity index (χ3n) is 6.62. The van der Waals surface area contributed by atoms with Crippen molar-refractivity contribution in [3.63, 3.8) is 0 Å². The molecule has 0 aliphatic rings. The lowest BCUT2D eigenvalue weighted by molar-refractivity contribution is 0.0822. The summed E-state index contributed by atoms with van der Waals surface area (Å²) in [7, 11) is 5.30. The van der Waals surface area contributed by atoms with Crippen LogP contribution in [0.15, 0.2) is 30.7 Å². The Kier molecular flexibility index (Phi) is 9.07. The molecule has 2 heterocycles. The molecule has 2 atom stereocenters. The second-order valence-electron chi connectivity index (χ2n) is 9.38. The van der Waals surface area contributed by atoms with Gasteiger partial charge in [0, 0.05) is 66.2 Å². The van der Waals surface area contributed by atoms with E-state index in [1.165, 1.54) is 11.2 Å². The van der Waals surface area contributed by atoms with Gasteiger partial charge < -0.3 is 14.5 Å². The Morgan fingerprint density at radius 1 is 1.14 bits per heavy atom. The molecule has 37 heavy (non-hydrogen) atoms. The van der Waals surface area contributed by atoms with Crippen LogP contribution < -0.4 is 9.64 Å². The number of ether oxygens (including phenoxy) is 1. The van der Waals surface area contributed by atoms with Crippen molar-refractivity contribution < 1.29 is 13.9 Å². The van der Waals surface area contributed by atoms with Gasteiger partial charge in [0.05, 0.1) is 19.3 Å². The van der Waals surface area contributed by atoms with Crippen LogP contribution >= 0.6 is 11.6 Å². The monoisotopic (exact) mass is 527 g/mol. The molecule has 1 aromatic carbocycles. The van der Waals surface area contributed by atoms with E-state index in [0.29, 0.717) is 28.9 Å². The molecule has 0 bridgehead atoms. The molecule has 0 saturated carbocycles. The Morgan fingerprint density at radius 2 is 1.84 bits per heavy atom. The average molecular weight is 528 g/mol. The molecule has 1 amide bonds. The van der Waals surface area contributed by atoms with Crippen molar-refractivity contribution in [1.29, 1.82) is 0 Å². The Hall–Kier alpha value is -3.26. The topological polar surface area (TPSA) is 71.5 Å². The Morgan fingerprint density at radius 3 is 2.41 bits per heavy atom. The van der Waals surface area contributed by atoms with Crippen molar-refractivity contribution in [3.05, 3.63) is 63.8 Å². The summed E-state index contributed by atoms with van der Waals surface area (Å²) in [6.07, 6.45) is 3.17. The summed E-state index contributed by atoms with van der Waals surface area (Å²) >= 11 is 6.76. The second kappa shape index (κ2) is 11.9. The first-order valence-electron chi connectivity index (χ1n) is 12.3. The number of carbonyl (C=O) groups excluding carboxylic acids is 1. The molecule has 0 fully saturated rings. The highest BCUT2D eigenvalue weighted by Crippen LogP contribution is 2.44. The van der Waals surface area contributed by atoms with Gasteiger partial charge in [-0.2, -0.15) is 0 Å². The number of hydrogen-bond donors (Lipinski definition) is 0. The first-order valence-corrected chi connectivity index (χ1v) is 12.6. The van der Waals surface area contributed by atoms with Crippen molar-refractivity contribution in [2.45, 2.75) is 46.6 Å². The minimum Gasteiger partial charge on any atom is -0.493 e. The number of amides is 1. The fourth-order valence-electron chi connectivity index (χ4n) is 4.40. The molecule has 0 spiro atoms. The fourth-order valence-corrected chi connectivity index (χ4v) is 4.61. The van der Waals surface area contributed by atoms with Crippen molar-refractivity contribution in [2.24, 2.45) is 0 Å². The highest BCUT2D eigenvalue weighted by Gasteiger charge is 2.27. The molecule has 198 valence electrons. The molecule has 2 unspecified atom stereocenters. The van der Waals surface area contributed by atoms with E-state index in [4.69, 9.17) is 16.3 Å². The number of benzene rings is 1. The number of carbonyl (C=O) groups is 1. The number of rotatable bonds is 9. The maximum Gasteiger partial charge on any atom is 0.271 e. The van der Waals surface area contributed by atoms with Crippen LogP contribution in [0.5, 0.6) is 5.75 Å². The maximum absolute atomic E-state index is 13.7. The van der Waals surface area contributed by atoms with Crippen LogP contribution in [0.25, 0.3) is 11.1 Å². The summed E-state index contributed by atoms with van der Waals surface area (Å²) in [4.78, 5) is 29.0. The van der Waals surface area contributed by atoms with Crippen LogP contribution in [0.2, 0.25) is 5.02 Å². The first kappa shape index (κ1) is 28.3. The molecular formula is C28H35ClFN5O2. The Bertz CT molecular complexity index is 1270. The predicted molar refractivity (Wildman–Crippen MR) is 147 cm³/mol. The molecule has 9 heteroatoms. The molecule has 7 nitrogen and oxygen atoms in total. The third kappa shape index (κ3) is 5.69. The van der Waals surface area contributed by atoms with Gasteiger partial charge in [0.25, 0.3) is 5.91 Å². The first-order chi connectivity index (χ1) is 17.5. The zero-order chi connectivity index (χ0) is 27.4. The zero-order valence-corrected chi connectivity index (χ0v) is 23.5. The van der Waals surface area contributed by atoms with Gasteiger partial charge in [0.1, 0.15) is 23.6 Å². The number of aryl methyl sites for hydroxylation is 1. The van der Waals surface area contributed by atoms with Gasteiger partial charge in [0.15, 0.2) is 0 Å². The fraction of sp³-hybridized carbons (Fsp3) is 0.429. The molecule has 0 N–H and O–H groups in total. The van der Waals surface area contributed by atoms with Gasteiger partial charge in [-0.25, -0.2) is 9.97 Å². The molecule has 0 aliphatic carbocycles. The van der Waals surface area contributed by atoms with Crippen LogP contribution in [0.1, 0.15) is 65.6 Å². The number of nitrogens with zero attached hydrogens (tertiary/aromatic N) is 5. The summed E-state index contributed by atoms with van der Waals surface area (Å²) < 4.78 is 19.9. The highest BCUT2D eigenvalue weighted by atomic mass is 35.5. The van der Waals surface area contributed by atoms with Crippen LogP contribution in [-0.2, 0) is 0 Å². The zero-order valence-electron chi connectivity index (χ0n) is 22.8. The highest BCUT2D eigenvalue weighted by molar-refractivity contribution is 6.32. The normalized spacial score (nSPS) is 12.7. The lowest BCUT2D eigenvalue weighted by Gasteiger charge is -2.32. The summed E-state index contributed by atoms with van der Waals surface area (Å²) in [5.41, 5.74) is 5.20. The summed E-state index contributed by atoms with van der Waals surface area (Å²) in [5, 5.41) is 0.582. The summed E-state index contributed by atoms with van der Waals surface area (Å²) in [6, 6.07) is 5.26. The number of hydrogen-bond acceptors (Lipinski definition) is 6. The van der Waals surface area contributed by atoms with E-state index in [9.17, 15) is 9.18 Å². The van der Waals surface area contributed by atoms with Crippen LogP contribution in [0.3, 0.4) is 0 Å². The lowest BCUT2D eigenvalue weighted by atomic mass is 9.93. The molecule has 0 saturated heterocycles. The third-order valence-corrected chi connectivity index (χ3v) is 7.01. The molecule has 0 radical (unpaired) electrons. The molecule has 2 aromatic heterocycles. The number of alkyl halides is 1. The van der Waals surface area contributed by atoms with Gasteiger partial charge in [-0.05, 0) is 45.4 Å². The maximum atomic E-state index is 13.7. The van der Waals surface area contributed by atoms with E-state index in [2.05, 4.69) is 15.0 Å². The van der Waals surface area contributed by atoms with Crippen LogP contribution in [0.4, 0.5) is 10.2 Å². The van der Waals surface area contributed by atoms with Gasteiger partial charge in [-0.1, -0.05) is 24.6 Å². The van der Waals surface area contributed by atoms with E-state index in [0.717, 1.165) is 33.5 Å². The molecule has 3 rings (SSSR count). The van der Waals surface area contributed by atoms with Crippen molar-refractivity contribution in [3.8, 4) is 16.9 Å². The molecule has 3 aromatic rings. The summed E-state index contributed by atoms with van der Waals surface area (Å²) in [5.74, 6) is 0.833. The van der Waals surface area contributed by atoms with Crippen molar-refractivity contribution in [2.75, 3.05) is 39.3 Å². The standard InChI is InChI=1S/C28H35ClFN5O2/c1-9-37-26-21(19(5)35(8)27-24(16(2)13-30)18(4)32-15-33-27)12-22(29)17(3)25(26)20-10-11-23(31-14-20)28(36)34(6)7/h10-12,14-16,19H,9,13H2,1-8H3. The minimum absolute atomic E-state index is 0.172. The van der Waals surface area contributed by atoms with Gasteiger partial charge in [-0.3, -0.25) is 14.2 Å².